The SMILES string of the molecule is FC(F)(F)C(F)(I)C(F)(F)C(F)(C(F)(F)F)C(F)(F)C(F)(F)C(F)(F)C(F)(F)C(F)(F)C(F)(C(F)(F)F)C(F)(F)C(F)(C(F)(F)F)C(F)(F)I. The summed E-state index contributed by atoms with van der Waals surface area (Å²) in [5, 5.41) is 0. The van der Waals surface area contributed by atoms with Crippen molar-refractivity contribution in [3.8, 4) is 0 Å². The summed E-state index contributed by atoms with van der Waals surface area (Å²) in [7, 11) is 0. The number of hydrogen-bond donors (Lipinski definition) is 0. The van der Waals surface area contributed by atoms with Crippen molar-refractivity contribution < 1.29 is 140 Å². The van der Waals surface area contributed by atoms with Gasteiger partial charge < -0.3 is 0 Å². The molecule has 302 valence electrons. The van der Waals surface area contributed by atoms with E-state index < -0.39 is 136 Å². The maximum absolute atomic E-state index is 14.5. The molecule has 0 aromatic heterocycles. The summed E-state index contributed by atoms with van der Waals surface area (Å²) < 4.78 is 420. The Morgan fingerprint density at radius 1 is 0.200 bits per heavy atom. The maximum Gasteiger partial charge on any atom is 0.438 e. The Balaban J connectivity index is 8.50. The summed E-state index contributed by atoms with van der Waals surface area (Å²) in [4.78, 5) is 0. The lowest BCUT2D eigenvalue weighted by molar-refractivity contribution is -0.489. The van der Waals surface area contributed by atoms with Crippen LogP contribution in [0.5, 0.6) is 0 Å². The lowest BCUT2D eigenvalue weighted by atomic mass is 9.74. The molecule has 0 heterocycles. The summed E-state index contributed by atoms with van der Waals surface area (Å²) in [5.74, 6) is -70.9. The Morgan fingerprint density at radius 2 is 0.400 bits per heavy atom. The van der Waals surface area contributed by atoms with Gasteiger partial charge in [-0.1, -0.05) is 0 Å². The summed E-state index contributed by atoms with van der Waals surface area (Å²) in [6.07, 6.45) is -35.5. The topological polar surface area (TPSA) is 0 Å². The highest BCUT2D eigenvalue weighted by Crippen LogP contribution is 2.73. The van der Waals surface area contributed by atoms with Crippen molar-refractivity contribution in [2.45, 2.75) is 90.8 Å². The van der Waals surface area contributed by atoms with E-state index in [9.17, 15) is 140 Å². The smallest absolute Gasteiger partial charge is 0.220 e. The molecule has 0 saturated carbocycles. The molecule has 0 rings (SSSR count). The first-order valence-corrected chi connectivity index (χ1v) is 12.3. The van der Waals surface area contributed by atoms with Crippen molar-refractivity contribution in [1.29, 1.82) is 0 Å². The van der Waals surface area contributed by atoms with E-state index in [0.717, 1.165) is 0 Å². The molecule has 50 heavy (non-hydrogen) atoms. The molecule has 4 unspecified atom stereocenters. The lowest BCUT2D eigenvalue weighted by Crippen LogP contribution is -2.84. The molecule has 0 aliphatic rings. The Kier molecular flexibility index (Phi) is 11.7. The third-order valence-electron chi connectivity index (χ3n) is 6.05. The van der Waals surface area contributed by atoms with E-state index in [4.69, 9.17) is 0 Å². The number of hydrogen-bond acceptors (Lipinski definition) is 0. The molecule has 0 saturated heterocycles. The van der Waals surface area contributed by atoms with Gasteiger partial charge in [0.25, 0.3) is 0 Å². The minimum absolute atomic E-state index is 1.77. The number of alkyl halides is 34. The predicted octanol–water partition coefficient (Wildman–Crippen LogP) is 11.9. The van der Waals surface area contributed by atoms with Crippen LogP contribution in [0.1, 0.15) is 0 Å². The second-order valence-electron chi connectivity index (χ2n) is 9.06. The van der Waals surface area contributed by atoms with Gasteiger partial charge in [0.15, 0.2) is 0 Å². The van der Waals surface area contributed by atoms with Gasteiger partial charge in [-0.3, -0.25) is 0 Å². The second kappa shape index (κ2) is 11.9. The molecule has 34 heteroatoms. The van der Waals surface area contributed by atoms with E-state index in [1.54, 1.807) is 0 Å². The first-order valence-electron chi connectivity index (χ1n) is 10.2. The van der Waals surface area contributed by atoms with Crippen molar-refractivity contribution in [2.75, 3.05) is 0 Å². The summed E-state index contributed by atoms with van der Waals surface area (Å²) in [6.45, 7) is 0. The van der Waals surface area contributed by atoms with Crippen LogP contribution in [0.25, 0.3) is 0 Å². The van der Waals surface area contributed by atoms with Crippen LogP contribution in [-0.4, -0.2) is 90.8 Å². The Hall–Kier alpha value is -0.780. The van der Waals surface area contributed by atoms with E-state index in [2.05, 4.69) is 0 Å². The van der Waals surface area contributed by atoms with Crippen molar-refractivity contribution in [3.05, 3.63) is 0 Å². The fourth-order valence-corrected chi connectivity index (χ4v) is 4.30. The predicted molar refractivity (Wildman–Crippen MR) is 107 cm³/mol. The van der Waals surface area contributed by atoms with Gasteiger partial charge in [-0.05, 0) is 22.6 Å². The molecule has 0 radical (unpaired) electrons. The second-order valence-corrected chi connectivity index (χ2v) is 11.9. The van der Waals surface area contributed by atoms with E-state index in [0.29, 0.717) is 0 Å². The molecule has 0 fully saturated rings. The van der Waals surface area contributed by atoms with Crippen LogP contribution in [-0.2, 0) is 0 Å². The fourth-order valence-electron chi connectivity index (χ4n) is 3.28. The van der Waals surface area contributed by atoms with Gasteiger partial charge in [-0.2, -0.15) is 123 Å². The summed E-state index contributed by atoms with van der Waals surface area (Å²) in [5.41, 5.74) is -29.3. The van der Waals surface area contributed by atoms with E-state index in [1.165, 1.54) is 0 Å². The molecule has 0 aromatic rings. The van der Waals surface area contributed by atoms with Crippen molar-refractivity contribution in [1.82, 2.24) is 0 Å². The molecule has 0 aromatic carbocycles. The monoisotopic (exact) mass is 1050 g/mol. The first-order chi connectivity index (χ1) is 20.8. The molecular weight excluding hydrogens is 1050 g/mol. The number of halogens is 34. The zero-order valence-corrected chi connectivity index (χ0v) is 25.2. The maximum atomic E-state index is 14.5. The average molecular weight is 1050 g/mol. The van der Waals surface area contributed by atoms with Gasteiger partial charge in [0.05, 0.1) is 0 Å². The minimum Gasteiger partial charge on any atom is -0.220 e. The standard InChI is InChI=1S/C16F32I2/c17-1(12(35,36)37,4(20,21)3(19,14(41,42)43)16(47,48)50)5(22,23)8(28,29)10(32,33)9(30,31)6(24,25)2(18,13(38,39)40)7(26,27)11(34,49)15(44,45)46. The fraction of sp³-hybridized carbons (Fsp3) is 1.00. The van der Waals surface area contributed by atoms with Gasteiger partial charge in [-0.25, -0.2) is 17.6 Å². The van der Waals surface area contributed by atoms with Gasteiger partial charge in [0.2, 0.25) is 0 Å². The third-order valence-corrected chi connectivity index (χ3v) is 8.09. The molecule has 0 N–H and O–H groups in total. The molecule has 0 bridgehead atoms. The highest BCUT2D eigenvalue weighted by molar-refractivity contribution is 14.1. The Morgan fingerprint density at radius 3 is 0.580 bits per heavy atom. The lowest BCUT2D eigenvalue weighted by Gasteiger charge is -2.50. The molecule has 4 atom stereocenters. The van der Waals surface area contributed by atoms with Gasteiger partial charge in [0.1, 0.15) is 0 Å². The Bertz CT molecular complexity index is 1220. The third kappa shape index (κ3) is 5.60. The minimum atomic E-state index is -10.4. The molecule has 0 spiro atoms. The van der Waals surface area contributed by atoms with Gasteiger partial charge in [0, 0.05) is 22.6 Å². The van der Waals surface area contributed by atoms with E-state index in [-0.39, 0.29) is 0 Å². The van der Waals surface area contributed by atoms with Crippen LogP contribution in [0, 0.1) is 0 Å². The molecule has 0 nitrogen and oxygen atoms in total. The summed E-state index contributed by atoms with van der Waals surface area (Å²) in [6, 6.07) is 0. The normalized spacial score (nSPS) is 21.2. The quantitative estimate of drug-likeness (QED) is 0.110. The van der Waals surface area contributed by atoms with Crippen LogP contribution in [0.4, 0.5) is 140 Å². The van der Waals surface area contributed by atoms with Crippen LogP contribution in [0.15, 0.2) is 0 Å². The average Bonchev–Trinajstić information content (AvgIpc) is 2.82. The van der Waals surface area contributed by atoms with E-state index >= 15 is 0 Å². The number of rotatable bonds is 11. The van der Waals surface area contributed by atoms with Crippen molar-refractivity contribution in [2.24, 2.45) is 0 Å². The zero-order chi connectivity index (χ0) is 42.0. The van der Waals surface area contributed by atoms with Crippen LogP contribution < -0.4 is 0 Å². The van der Waals surface area contributed by atoms with Crippen molar-refractivity contribution in [3.63, 3.8) is 0 Å². The van der Waals surface area contributed by atoms with E-state index in [1.807, 2.05) is 0 Å². The highest BCUT2D eigenvalue weighted by atomic mass is 127. The van der Waals surface area contributed by atoms with Gasteiger partial charge in [-0.15, -0.1) is 0 Å². The molecule has 0 amide bonds. The molecule has 0 aliphatic heterocycles. The van der Waals surface area contributed by atoms with Crippen LogP contribution in [0.2, 0.25) is 0 Å². The highest BCUT2D eigenvalue weighted by Gasteiger charge is 3.04. The first kappa shape index (κ1) is 49.2. The molecule has 0 aliphatic carbocycles. The van der Waals surface area contributed by atoms with Gasteiger partial charge >= 0.3 is 90.8 Å². The largest absolute Gasteiger partial charge is 0.438 e. The van der Waals surface area contributed by atoms with Crippen molar-refractivity contribution >= 4 is 45.2 Å². The summed E-state index contributed by atoms with van der Waals surface area (Å²) >= 11 is -3.68. The zero-order valence-electron chi connectivity index (χ0n) is 20.9. The van der Waals surface area contributed by atoms with Crippen LogP contribution >= 0.6 is 45.2 Å². The molecular formula is C16F32I2. The Labute approximate surface area is 276 Å². The van der Waals surface area contributed by atoms with Crippen LogP contribution in [0.3, 0.4) is 0 Å².